The van der Waals surface area contributed by atoms with E-state index in [1.807, 2.05) is 11.4 Å². The molecule has 2 aromatic carbocycles. The number of H-pyrrole nitrogens is 1. The summed E-state index contributed by atoms with van der Waals surface area (Å²) in [6.45, 7) is -2.94. The van der Waals surface area contributed by atoms with Crippen LogP contribution in [0.5, 0.6) is 5.75 Å². The molecule has 4 rings (SSSR count). The molecule has 2 aromatic heterocycles. The second-order valence-corrected chi connectivity index (χ2v) is 7.13. The number of nitrogens with one attached hydrogen (secondary N) is 1. The number of thiophene rings is 1. The third-order valence-corrected chi connectivity index (χ3v) is 5.28. The monoisotopic (exact) mass is 412 g/mol. The van der Waals surface area contributed by atoms with Crippen LogP contribution in [0.1, 0.15) is 15.9 Å². The summed E-state index contributed by atoms with van der Waals surface area (Å²) in [5.74, 6) is -0.402. The van der Waals surface area contributed by atoms with Crippen LogP contribution in [0, 0.1) is 0 Å². The highest BCUT2D eigenvalue weighted by atomic mass is 32.1. The second kappa shape index (κ2) is 7.48. The summed E-state index contributed by atoms with van der Waals surface area (Å²) >= 11 is 1.40. The molecule has 4 aromatic rings. The van der Waals surface area contributed by atoms with Crippen molar-refractivity contribution in [2.75, 3.05) is 5.73 Å². The molecule has 0 bridgehead atoms. The van der Waals surface area contributed by atoms with E-state index in [1.165, 1.54) is 41.7 Å². The Kier molecular flexibility index (Phi) is 4.85. The highest BCUT2D eigenvalue weighted by Gasteiger charge is 2.18. The molecular weight excluding hydrogens is 398 g/mol. The Labute approximate surface area is 167 Å². The molecule has 0 aliphatic rings. The lowest BCUT2D eigenvalue weighted by atomic mass is 9.95. The van der Waals surface area contributed by atoms with E-state index < -0.39 is 6.61 Å². The molecule has 3 N–H and O–H groups in total. The molecule has 0 saturated heterocycles. The SMILES string of the molecule is Nc1c(C(=O)c2ccc(OC(F)F)cc2)cccc1-c1cc(=O)[nH]c2sccc12. The van der Waals surface area contributed by atoms with Gasteiger partial charge in [-0.05, 0) is 47.3 Å². The maximum absolute atomic E-state index is 12.9. The standard InChI is InChI=1S/C21H14F2N2O3S/c22-21(23)28-12-6-4-11(5-7-12)19(27)15-3-1-2-13(18(15)24)16-10-17(26)25-20-14(16)8-9-29-20/h1-10,21H,24H2,(H,25,26). The number of anilines is 1. The molecule has 0 radical (unpaired) electrons. The number of alkyl halides is 2. The van der Waals surface area contributed by atoms with Gasteiger partial charge in [-0.1, -0.05) is 12.1 Å². The van der Waals surface area contributed by atoms with E-state index >= 15 is 0 Å². The smallest absolute Gasteiger partial charge is 0.387 e. The average molecular weight is 412 g/mol. The van der Waals surface area contributed by atoms with Crippen molar-refractivity contribution in [2.24, 2.45) is 0 Å². The number of carbonyl (C=O) groups is 1. The van der Waals surface area contributed by atoms with Crippen LogP contribution in [0.2, 0.25) is 0 Å². The number of aromatic amines is 1. The molecule has 0 amide bonds. The van der Waals surface area contributed by atoms with Gasteiger partial charge in [0.25, 0.3) is 0 Å². The predicted octanol–water partition coefficient (Wildman–Crippen LogP) is 4.67. The van der Waals surface area contributed by atoms with Crippen LogP contribution in [0.4, 0.5) is 14.5 Å². The van der Waals surface area contributed by atoms with Gasteiger partial charge in [0.15, 0.2) is 5.78 Å². The minimum atomic E-state index is -2.94. The molecule has 0 unspecified atom stereocenters. The highest BCUT2D eigenvalue weighted by Crippen LogP contribution is 2.35. The number of hydrogen-bond donors (Lipinski definition) is 2. The first-order valence-corrected chi connectivity index (χ1v) is 9.41. The number of nitrogen functional groups attached to an aromatic ring is 1. The molecular formula is C21H14F2N2O3S. The van der Waals surface area contributed by atoms with Gasteiger partial charge < -0.3 is 15.5 Å². The lowest BCUT2D eigenvalue weighted by Gasteiger charge is -2.12. The third kappa shape index (κ3) is 3.62. The largest absolute Gasteiger partial charge is 0.435 e. The van der Waals surface area contributed by atoms with Gasteiger partial charge in [0.1, 0.15) is 10.6 Å². The fourth-order valence-corrected chi connectivity index (χ4v) is 3.94. The number of nitrogens with two attached hydrogens (primary N) is 1. The van der Waals surface area contributed by atoms with Crippen molar-refractivity contribution in [3.05, 3.63) is 81.5 Å². The van der Waals surface area contributed by atoms with Crippen LogP contribution >= 0.6 is 11.3 Å². The van der Waals surface area contributed by atoms with E-state index in [4.69, 9.17) is 5.73 Å². The highest BCUT2D eigenvalue weighted by molar-refractivity contribution is 7.16. The molecule has 5 nitrogen and oxygen atoms in total. The number of halogens is 2. The van der Waals surface area contributed by atoms with Crippen LogP contribution in [0.3, 0.4) is 0 Å². The lowest BCUT2D eigenvalue weighted by molar-refractivity contribution is -0.0498. The first kappa shape index (κ1) is 18.8. The predicted molar refractivity (Wildman–Crippen MR) is 109 cm³/mol. The summed E-state index contributed by atoms with van der Waals surface area (Å²) in [6.07, 6.45) is 0. The first-order chi connectivity index (χ1) is 13.9. The van der Waals surface area contributed by atoms with E-state index in [0.717, 1.165) is 10.2 Å². The van der Waals surface area contributed by atoms with Gasteiger partial charge in [-0.15, -0.1) is 11.3 Å². The Hall–Kier alpha value is -3.52. The minimum absolute atomic E-state index is 0.0402. The molecule has 146 valence electrons. The van der Waals surface area contributed by atoms with Gasteiger partial charge in [-0.25, -0.2) is 0 Å². The number of para-hydroxylation sites is 1. The number of rotatable bonds is 5. The van der Waals surface area contributed by atoms with Crippen LogP contribution in [0.25, 0.3) is 21.3 Å². The number of ketones is 1. The van der Waals surface area contributed by atoms with Crippen molar-refractivity contribution in [1.82, 2.24) is 4.98 Å². The molecule has 0 saturated carbocycles. The number of fused-ring (bicyclic) bond motifs is 1. The normalized spacial score (nSPS) is 11.1. The molecule has 0 spiro atoms. The Bertz CT molecular complexity index is 1260. The maximum Gasteiger partial charge on any atom is 0.387 e. The number of aromatic nitrogens is 1. The zero-order valence-electron chi connectivity index (χ0n) is 14.8. The van der Waals surface area contributed by atoms with Gasteiger partial charge in [0, 0.05) is 28.1 Å². The molecule has 29 heavy (non-hydrogen) atoms. The van der Waals surface area contributed by atoms with Crippen molar-refractivity contribution in [3.63, 3.8) is 0 Å². The summed E-state index contributed by atoms with van der Waals surface area (Å²) < 4.78 is 28.9. The van der Waals surface area contributed by atoms with Crippen molar-refractivity contribution in [3.8, 4) is 16.9 Å². The van der Waals surface area contributed by atoms with Crippen molar-refractivity contribution in [1.29, 1.82) is 0 Å². The maximum atomic E-state index is 12.9. The number of pyridine rings is 1. The summed E-state index contributed by atoms with van der Waals surface area (Å²) in [5, 5.41) is 2.69. The molecule has 0 aliphatic heterocycles. The van der Waals surface area contributed by atoms with Gasteiger partial charge >= 0.3 is 6.61 Å². The summed E-state index contributed by atoms with van der Waals surface area (Å²) in [5.41, 5.74) is 8.03. The Morgan fingerprint density at radius 1 is 1.07 bits per heavy atom. The van der Waals surface area contributed by atoms with Gasteiger partial charge in [-0.3, -0.25) is 9.59 Å². The molecule has 0 atom stereocenters. The second-order valence-electron chi connectivity index (χ2n) is 6.21. The van der Waals surface area contributed by atoms with E-state index in [2.05, 4.69) is 9.72 Å². The fraction of sp³-hybridized carbons (Fsp3) is 0.0476. The van der Waals surface area contributed by atoms with E-state index in [0.29, 0.717) is 11.1 Å². The van der Waals surface area contributed by atoms with E-state index in [9.17, 15) is 18.4 Å². The first-order valence-electron chi connectivity index (χ1n) is 8.53. The zero-order valence-corrected chi connectivity index (χ0v) is 15.6. The van der Waals surface area contributed by atoms with Crippen LogP contribution in [-0.2, 0) is 0 Å². The molecule has 0 fully saturated rings. The number of carbonyl (C=O) groups excluding carboxylic acids is 1. The zero-order chi connectivity index (χ0) is 20.5. The Morgan fingerprint density at radius 2 is 1.83 bits per heavy atom. The van der Waals surface area contributed by atoms with Crippen molar-refractivity contribution in [2.45, 2.75) is 6.61 Å². The van der Waals surface area contributed by atoms with Gasteiger partial charge in [0.05, 0.1) is 5.69 Å². The molecule has 8 heteroatoms. The Balaban J connectivity index is 1.76. The van der Waals surface area contributed by atoms with E-state index in [-0.39, 0.29) is 33.9 Å². The molecule has 0 aliphatic carbocycles. The molecule has 2 heterocycles. The quantitative estimate of drug-likeness (QED) is 0.368. The van der Waals surface area contributed by atoms with Crippen molar-refractivity contribution >= 4 is 33.0 Å². The number of benzene rings is 2. The van der Waals surface area contributed by atoms with Gasteiger partial charge in [0.2, 0.25) is 5.56 Å². The lowest BCUT2D eigenvalue weighted by Crippen LogP contribution is -2.08. The fourth-order valence-electron chi connectivity index (χ4n) is 3.14. The van der Waals surface area contributed by atoms with Crippen LogP contribution in [0.15, 0.2) is 64.8 Å². The summed E-state index contributed by atoms with van der Waals surface area (Å²) in [6, 6.07) is 13.7. The van der Waals surface area contributed by atoms with Crippen molar-refractivity contribution < 1.29 is 18.3 Å². The third-order valence-electron chi connectivity index (χ3n) is 4.45. The summed E-state index contributed by atoms with van der Waals surface area (Å²) in [7, 11) is 0. The topological polar surface area (TPSA) is 85.2 Å². The minimum Gasteiger partial charge on any atom is -0.435 e. The number of ether oxygens (including phenoxy) is 1. The van der Waals surface area contributed by atoms with E-state index in [1.54, 1.807) is 18.2 Å². The number of hydrogen-bond acceptors (Lipinski definition) is 5. The van der Waals surface area contributed by atoms with Gasteiger partial charge in [-0.2, -0.15) is 8.78 Å². The van der Waals surface area contributed by atoms with Crippen LogP contribution < -0.4 is 16.0 Å². The van der Waals surface area contributed by atoms with Crippen LogP contribution in [-0.4, -0.2) is 17.4 Å². The Morgan fingerprint density at radius 3 is 2.55 bits per heavy atom. The average Bonchev–Trinajstić information content (AvgIpc) is 3.15. The summed E-state index contributed by atoms with van der Waals surface area (Å²) in [4.78, 5) is 28.4.